The molecule has 0 saturated heterocycles. The van der Waals surface area contributed by atoms with Gasteiger partial charge in [-0.05, 0) is 70.8 Å². The Morgan fingerprint density at radius 1 is 0.931 bits per heavy atom. The van der Waals surface area contributed by atoms with Crippen LogP contribution in [-0.2, 0) is 19.4 Å². The van der Waals surface area contributed by atoms with Crippen molar-refractivity contribution in [2.24, 2.45) is 0 Å². The Morgan fingerprint density at radius 3 is 2.59 bits per heavy atom. The number of benzene rings is 3. The Hall–Kier alpha value is -2.95. The zero-order valence-corrected chi connectivity index (χ0v) is 16.8. The van der Waals surface area contributed by atoms with Crippen LogP contribution in [0.2, 0.25) is 0 Å². The molecule has 1 aliphatic carbocycles. The molecule has 142 valence electrons. The first kappa shape index (κ1) is 17.0. The molecule has 2 heterocycles. The molecule has 0 fully saturated rings. The number of hydrogen-bond acceptors (Lipinski definition) is 3. The van der Waals surface area contributed by atoms with Crippen molar-refractivity contribution in [3.05, 3.63) is 89.1 Å². The van der Waals surface area contributed by atoms with E-state index in [9.17, 15) is 0 Å². The maximum atomic E-state index is 4.31. The van der Waals surface area contributed by atoms with E-state index in [1.807, 2.05) is 11.3 Å². The number of fused-ring (bicyclic) bond motifs is 3. The Bertz CT molecular complexity index is 1310. The normalized spacial score (nSPS) is 14.1. The fourth-order valence-electron chi connectivity index (χ4n) is 4.43. The summed E-state index contributed by atoms with van der Waals surface area (Å²) in [5.41, 5.74) is 7.55. The minimum atomic E-state index is 0.550. The fourth-order valence-corrected chi connectivity index (χ4v) is 5.42. The number of nitrogens with one attached hydrogen (secondary N) is 2. The lowest BCUT2D eigenvalue weighted by atomic mass is 10.0. The Labute approximate surface area is 173 Å². The standard InChI is InChI=1S/C25H21N3S/c1-2-4-17-11-21(10-16(17)3-1)26-14-22-12-20-9-18(6-8-25(20)29-22)19-5-7-23-24(13-19)28-15-27-23/h1-9,12-13,15,21,26H,10-11,14H2,(H,27,28). The molecule has 3 nitrogen and oxygen atoms in total. The number of imidazole rings is 1. The molecule has 2 aromatic heterocycles. The quantitative estimate of drug-likeness (QED) is 0.410. The summed E-state index contributed by atoms with van der Waals surface area (Å²) in [4.78, 5) is 8.92. The summed E-state index contributed by atoms with van der Waals surface area (Å²) in [5.74, 6) is 0. The van der Waals surface area contributed by atoms with Gasteiger partial charge in [0.1, 0.15) is 0 Å². The lowest BCUT2D eigenvalue weighted by Crippen LogP contribution is -2.28. The minimum absolute atomic E-state index is 0.550. The SMILES string of the molecule is c1ccc2c(c1)CC(NCc1cc3cc(-c4ccc5nc[nH]c5c4)ccc3s1)C2. The number of thiophene rings is 1. The van der Waals surface area contributed by atoms with E-state index in [1.54, 1.807) is 6.33 Å². The van der Waals surface area contributed by atoms with E-state index in [1.165, 1.54) is 37.2 Å². The third-order valence-electron chi connectivity index (χ3n) is 5.94. The van der Waals surface area contributed by atoms with Crippen molar-refractivity contribution in [2.45, 2.75) is 25.4 Å². The van der Waals surface area contributed by atoms with E-state index in [2.05, 4.69) is 82.0 Å². The molecule has 0 aliphatic heterocycles. The van der Waals surface area contributed by atoms with Gasteiger partial charge in [0.25, 0.3) is 0 Å². The first-order valence-corrected chi connectivity index (χ1v) is 10.9. The lowest BCUT2D eigenvalue weighted by Gasteiger charge is -2.10. The molecule has 0 saturated carbocycles. The highest BCUT2D eigenvalue weighted by molar-refractivity contribution is 7.19. The van der Waals surface area contributed by atoms with Crippen molar-refractivity contribution in [2.75, 3.05) is 0 Å². The van der Waals surface area contributed by atoms with Crippen molar-refractivity contribution < 1.29 is 0 Å². The zero-order chi connectivity index (χ0) is 19.2. The van der Waals surface area contributed by atoms with Gasteiger partial charge in [0.15, 0.2) is 0 Å². The first-order valence-electron chi connectivity index (χ1n) is 10.1. The van der Waals surface area contributed by atoms with Gasteiger partial charge in [-0.25, -0.2) is 4.98 Å². The topological polar surface area (TPSA) is 40.7 Å². The van der Waals surface area contributed by atoms with E-state index in [0.29, 0.717) is 6.04 Å². The Morgan fingerprint density at radius 2 is 1.72 bits per heavy atom. The summed E-state index contributed by atoms with van der Waals surface area (Å²) in [7, 11) is 0. The van der Waals surface area contributed by atoms with Gasteiger partial charge in [-0.3, -0.25) is 0 Å². The number of rotatable bonds is 4. The molecule has 0 bridgehead atoms. The summed E-state index contributed by atoms with van der Waals surface area (Å²) < 4.78 is 1.35. The van der Waals surface area contributed by atoms with Crippen LogP contribution in [0.15, 0.2) is 73.1 Å². The van der Waals surface area contributed by atoms with Gasteiger partial charge >= 0.3 is 0 Å². The van der Waals surface area contributed by atoms with Gasteiger partial charge in [0.05, 0.1) is 17.4 Å². The largest absolute Gasteiger partial charge is 0.345 e. The van der Waals surface area contributed by atoms with Gasteiger partial charge in [0.2, 0.25) is 0 Å². The molecule has 0 radical (unpaired) electrons. The van der Waals surface area contributed by atoms with Crippen LogP contribution in [0.4, 0.5) is 0 Å². The summed E-state index contributed by atoms with van der Waals surface area (Å²) in [6, 6.07) is 24.9. The predicted molar refractivity (Wildman–Crippen MR) is 121 cm³/mol. The fraction of sp³-hybridized carbons (Fsp3) is 0.160. The average Bonchev–Trinajstić information content (AvgIpc) is 3.47. The molecule has 6 rings (SSSR count). The summed E-state index contributed by atoms with van der Waals surface area (Å²) in [5, 5.41) is 5.09. The molecule has 4 heteroatoms. The predicted octanol–water partition coefficient (Wildman–Crippen LogP) is 5.70. The number of H-pyrrole nitrogens is 1. The molecule has 0 spiro atoms. The van der Waals surface area contributed by atoms with Crippen molar-refractivity contribution in [1.82, 2.24) is 15.3 Å². The number of nitrogens with zero attached hydrogens (tertiary/aromatic N) is 1. The summed E-state index contributed by atoms with van der Waals surface area (Å²) in [6.45, 7) is 0.938. The molecule has 0 atom stereocenters. The minimum Gasteiger partial charge on any atom is -0.345 e. The van der Waals surface area contributed by atoms with Crippen molar-refractivity contribution >= 4 is 32.5 Å². The highest BCUT2D eigenvalue weighted by Crippen LogP contribution is 2.31. The Kier molecular flexibility index (Phi) is 3.99. The zero-order valence-electron chi connectivity index (χ0n) is 16.0. The van der Waals surface area contributed by atoms with E-state index < -0.39 is 0 Å². The smallest absolute Gasteiger partial charge is 0.0931 e. The van der Waals surface area contributed by atoms with Crippen molar-refractivity contribution in [3.63, 3.8) is 0 Å². The third kappa shape index (κ3) is 3.15. The molecule has 0 amide bonds. The highest BCUT2D eigenvalue weighted by atomic mass is 32.1. The van der Waals surface area contributed by atoms with E-state index in [-0.39, 0.29) is 0 Å². The van der Waals surface area contributed by atoms with E-state index in [0.717, 1.165) is 30.4 Å². The summed E-state index contributed by atoms with van der Waals surface area (Å²) in [6.07, 6.45) is 4.03. The molecular weight excluding hydrogens is 374 g/mol. The molecule has 5 aromatic rings. The summed E-state index contributed by atoms with van der Waals surface area (Å²) >= 11 is 1.89. The van der Waals surface area contributed by atoms with Gasteiger partial charge in [-0.1, -0.05) is 36.4 Å². The van der Waals surface area contributed by atoms with Crippen LogP contribution < -0.4 is 5.32 Å². The molecular formula is C25H21N3S. The lowest BCUT2D eigenvalue weighted by molar-refractivity contribution is 0.536. The number of hydrogen-bond donors (Lipinski definition) is 2. The van der Waals surface area contributed by atoms with Crippen LogP contribution in [-0.4, -0.2) is 16.0 Å². The third-order valence-corrected chi connectivity index (χ3v) is 7.05. The molecule has 1 aliphatic rings. The van der Waals surface area contributed by atoms with Crippen LogP contribution in [0.1, 0.15) is 16.0 Å². The molecule has 29 heavy (non-hydrogen) atoms. The van der Waals surface area contributed by atoms with Gasteiger partial charge in [-0.15, -0.1) is 11.3 Å². The van der Waals surface area contributed by atoms with Gasteiger partial charge in [-0.2, -0.15) is 0 Å². The maximum Gasteiger partial charge on any atom is 0.0931 e. The monoisotopic (exact) mass is 395 g/mol. The second-order valence-corrected chi connectivity index (χ2v) is 9.02. The van der Waals surface area contributed by atoms with Crippen LogP contribution in [0.3, 0.4) is 0 Å². The second kappa shape index (κ2) is 6.83. The van der Waals surface area contributed by atoms with Crippen molar-refractivity contribution in [1.29, 1.82) is 0 Å². The second-order valence-electron chi connectivity index (χ2n) is 7.85. The number of aromatic nitrogens is 2. The molecule has 0 unspecified atom stereocenters. The molecule has 2 N–H and O–H groups in total. The average molecular weight is 396 g/mol. The highest BCUT2D eigenvalue weighted by Gasteiger charge is 2.20. The first-order chi connectivity index (χ1) is 14.3. The van der Waals surface area contributed by atoms with Crippen LogP contribution in [0.25, 0.3) is 32.2 Å². The van der Waals surface area contributed by atoms with E-state index in [4.69, 9.17) is 0 Å². The maximum absolute atomic E-state index is 4.31. The number of aromatic amines is 1. The van der Waals surface area contributed by atoms with Gasteiger partial charge in [0, 0.05) is 22.2 Å². The van der Waals surface area contributed by atoms with Gasteiger partial charge < -0.3 is 10.3 Å². The van der Waals surface area contributed by atoms with Crippen LogP contribution in [0, 0.1) is 0 Å². The van der Waals surface area contributed by atoms with Crippen LogP contribution in [0.5, 0.6) is 0 Å². The van der Waals surface area contributed by atoms with Crippen LogP contribution >= 0.6 is 11.3 Å². The van der Waals surface area contributed by atoms with Crippen molar-refractivity contribution in [3.8, 4) is 11.1 Å². The Balaban J connectivity index is 1.21. The molecule has 3 aromatic carbocycles. The van der Waals surface area contributed by atoms with E-state index >= 15 is 0 Å².